The summed E-state index contributed by atoms with van der Waals surface area (Å²) >= 11 is 0. The highest BCUT2D eigenvalue weighted by Gasteiger charge is 2.09. The van der Waals surface area contributed by atoms with Gasteiger partial charge in [0.2, 0.25) is 0 Å². The van der Waals surface area contributed by atoms with E-state index in [9.17, 15) is 9.18 Å². The summed E-state index contributed by atoms with van der Waals surface area (Å²) in [6.07, 6.45) is 0.459. The molecule has 2 rings (SSSR count). The molecule has 0 amide bonds. The lowest BCUT2D eigenvalue weighted by atomic mass is 10.2. The Labute approximate surface area is 98.7 Å². The van der Waals surface area contributed by atoms with Crippen molar-refractivity contribution in [2.45, 2.75) is 6.92 Å². The highest BCUT2D eigenvalue weighted by atomic mass is 19.1. The molecular formula is C14H11FO2. The lowest BCUT2D eigenvalue weighted by molar-refractivity contribution is 0.111. The van der Waals surface area contributed by atoms with Crippen LogP contribution >= 0.6 is 0 Å². The number of aldehydes is 1. The van der Waals surface area contributed by atoms with Gasteiger partial charge in [-0.25, -0.2) is 4.39 Å². The predicted molar refractivity (Wildman–Crippen MR) is 63.0 cm³/mol. The number of ether oxygens (including phenoxy) is 1. The number of halogens is 1. The molecule has 0 N–H and O–H groups in total. The van der Waals surface area contributed by atoms with Crippen molar-refractivity contribution in [2.24, 2.45) is 0 Å². The van der Waals surface area contributed by atoms with Gasteiger partial charge in [0.25, 0.3) is 0 Å². The van der Waals surface area contributed by atoms with E-state index in [0.717, 1.165) is 5.56 Å². The third kappa shape index (κ3) is 2.50. The van der Waals surface area contributed by atoms with Crippen molar-refractivity contribution in [3.05, 3.63) is 59.4 Å². The fourth-order valence-electron chi connectivity index (χ4n) is 1.53. The second kappa shape index (κ2) is 4.78. The van der Waals surface area contributed by atoms with Crippen LogP contribution in [0.2, 0.25) is 0 Å². The first-order chi connectivity index (χ1) is 8.20. The van der Waals surface area contributed by atoms with E-state index in [4.69, 9.17) is 4.74 Å². The monoisotopic (exact) mass is 230 g/mol. The summed E-state index contributed by atoms with van der Waals surface area (Å²) in [6, 6.07) is 11.6. The number of rotatable bonds is 3. The molecule has 0 fully saturated rings. The van der Waals surface area contributed by atoms with Crippen LogP contribution in [0, 0.1) is 12.7 Å². The van der Waals surface area contributed by atoms with Crippen molar-refractivity contribution in [2.75, 3.05) is 0 Å². The molecule has 0 aromatic heterocycles. The van der Waals surface area contributed by atoms with Gasteiger partial charge in [-0.1, -0.05) is 18.2 Å². The molecule has 0 radical (unpaired) electrons. The summed E-state index contributed by atoms with van der Waals surface area (Å²) in [5.74, 6) is 0.231. The zero-order valence-corrected chi connectivity index (χ0v) is 9.31. The van der Waals surface area contributed by atoms with Crippen molar-refractivity contribution in [1.29, 1.82) is 0 Å². The maximum Gasteiger partial charge on any atom is 0.156 e. The molecule has 0 aliphatic rings. The predicted octanol–water partition coefficient (Wildman–Crippen LogP) is 3.74. The Morgan fingerprint density at radius 3 is 2.65 bits per heavy atom. The maximum atomic E-state index is 13.3. The highest BCUT2D eigenvalue weighted by molar-refractivity contribution is 5.79. The molecule has 0 unspecified atom stereocenters. The number of carbonyl (C=O) groups excluding carboxylic acids is 1. The summed E-state index contributed by atoms with van der Waals surface area (Å²) in [4.78, 5) is 10.8. The molecule has 0 saturated carbocycles. The van der Waals surface area contributed by atoms with E-state index in [2.05, 4.69) is 0 Å². The zero-order chi connectivity index (χ0) is 12.3. The third-order valence-corrected chi connectivity index (χ3v) is 2.35. The van der Waals surface area contributed by atoms with E-state index >= 15 is 0 Å². The summed E-state index contributed by atoms with van der Waals surface area (Å²) < 4.78 is 18.8. The first-order valence-electron chi connectivity index (χ1n) is 5.19. The molecule has 2 aromatic rings. The van der Waals surface area contributed by atoms with Crippen molar-refractivity contribution in [3.63, 3.8) is 0 Å². The molecule has 17 heavy (non-hydrogen) atoms. The Balaban J connectivity index is 2.36. The molecule has 0 spiro atoms. The van der Waals surface area contributed by atoms with Crippen LogP contribution in [0.3, 0.4) is 0 Å². The van der Waals surface area contributed by atoms with Gasteiger partial charge in [-0.15, -0.1) is 0 Å². The third-order valence-electron chi connectivity index (χ3n) is 2.35. The average molecular weight is 230 g/mol. The molecule has 0 heterocycles. The van der Waals surface area contributed by atoms with Gasteiger partial charge < -0.3 is 4.74 Å². The Kier molecular flexibility index (Phi) is 3.19. The van der Waals surface area contributed by atoms with Gasteiger partial charge in [0.1, 0.15) is 17.3 Å². The number of benzene rings is 2. The number of aryl methyl sites for hydroxylation is 1. The fourth-order valence-corrected chi connectivity index (χ4v) is 1.53. The van der Waals surface area contributed by atoms with Gasteiger partial charge in [-0.05, 0) is 36.8 Å². The zero-order valence-electron chi connectivity index (χ0n) is 9.31. The van der Waals surface area contributed by atoms with Gasteiger partial charge in [-0.3, -0.25) is 4.79 Å². The molecule has 0 atom stereocenters. The van der Waals surface area contributed by atoms with Crippen molar-refractivity contribution in [1.82, 2.24) is 0 Å². The normalized spacial score (nSPS) is 10.0. The maximum absolute atomic E-state index is 13.3. The van der Waals surface area contributed by atoms with E-state index in [0.29, 0.717) is 12.0 Å². The molecule has 0 saturated heterocycles. The van der Waals surface area contributed by atoms with Crippen molar-refractivity contribution in [3.8, 4) is 11.5 Å². The SMILES string of the molecule is Cc1cccc(Oc2cccc(F)c2C=O)c1. The summed E-state index contributed by atoms with van der Waals surface area (Å²) in [6.45, 7) is 1.93. The molecule has 2 aromatic carbocycles. The van der Waals surface area contributed by atoms with Gasteiger partial charge in [0.15, 0.2) is 6.29 Å². The summed E-state index contributed by atoms with van der Waals surface area (Å²) in [5.41, 5.74) is 0.973. The van der Waals surface area contributed by atoms with Gasteiger partial charge in [0.05, 0.1) is 5.56 Å². The van der Waals surface area contributed by atoms with Gasteiger partial charge in [0, 0.05) is 0 Å². The Bertz CT molecular complexity index is 550. The number of hydrogen-bond acceptors (Lipinski definition) is 2. The topological polar surface area (TPSA) is 26.3 Å². The van der Waals surface area contributed by atoms with Crippen LogP contribution in [0.25, 0.3) is 0 Å². The van der Waals surface area contributed by atoms with Crippen LogP contribution in [0.5, 0.6) is 11.5 Å². The highest BCUT2D eigenvalue weighted by Crippen LogP contribution is 2.26. The Morgan fingerprint density at radius 2 is 1.94 bits per heavy atom. The first-order valence-corrected chi connectivity index (χ1v) is 5.19. The van der Waals surface area contributed by atoms with E-state index in [1.54, 1.807) is 12.1 Å². The van der Waals surface area contributed by atoms with E-state index in [1.165, 1.54) is 12.1 Å². The molecule has 2 nitrogen and oxygen atoms in total. The van der Waals surface area contributed by atoms with E-state index in [1.807, 2.05) is 25.1 Å². The second-order valence-corrected chi connectivity index (χ2v) is 3.69. The molecule has 0 bridgehead atoms. The lowest BCUT2D eigenvalue weighted by Crippen LogP contribution is -1.94. The minimum absolute atomic E-state index is 0.0611. The van der Waals surface area contributed by atoms with E-state index < -0.39 is 5.82 Å². The average Bonchev–Trinajstić information content (AvgIpc) is 2.29. The van der Waals surface area contributed by atoms with E-state index in [-0.39, 0.29) is 11.3 Å². The van der Waals surface area contributed by atoms with Crippen LogP contribution in [0.15, 0.2) is 42.5 Å². The second-order valence-electron chi connectivity index (χ2n) is 3.69. The molecule has 0 aliphatic carbocycles. The molecular weight excluding hydrogens is 219 g/mol. The molecule has 3 heteroatoms. The van der Waals surface area contributed by atoms with Crippen LogP contribution in [0.1, 0.15) is 15.9 Å². The summed E-state index contributed by atoms with van der Waals surface area (Å²) in [7, 11) is 0. The van der Waals surface area contributed by atoms with Crippen LogP contribution in [0.4, 0.5) is 4.39 Å². The summed E-state index contributed by atoms with van der Waals surface area (Å²) in [5, 5.41) is 0. The first kappa shape index (κ1) is 11.3. The Hall–Kier alpha value is -2.16. The van der Waals surface area contributed by atoms with Gasteiger partial charge in [-0.2, -0.15) is 0 Å². The minimum Gasteiger partial charge on any atom is -0.457 e. The lowest BCUT2D eigenvalue weighted by Gasteiger charge is -2.08. The molecule has 86 valence electrons. The smallest absolute Gasteiger partial charge is 0.156 e. The largest absolute Gasteiger partial charge is 0.457 e. The van der Waals surface area contributed by atoms with Crippen molar-refractivity contribution >= 4 is 6.29 Å². The minimum atomic E-state index is -0.579. The van der Waals surface area contributed by atoms with Gasteiger partial charge >= 0.3 is 0 Å². The van der Waals surface area contributed by atoms with Crippen LogP contribution in [-0.4, -0.2) is 6.29 Å². The van der Waals surface area contributed by atoms with Crippen LogP contribution in [-0.2, 0) is 0 Å². The molecule has 0 aliphatic heterocycles. The number of hydrogen-bond donors (Lipinski definition) is 0. The van der Waals surface area contributed by atoms with Crippen molar-refractivity contribution < 1.29 is 13.9 Å². The quantitative estimate of drug-likeness (QED) is 0.751. The Morgan fingerprint density at radius 1 is 1.18 bits per heavy atom. The van der Waals surface area contributed by atoms with Crippen LogP contribution < -0.4 is 4.74 Å². The fraction of sp³-hybridized carbons (Fsp3) is 0.0714. The standard InChI is InChI=1S/C14H11FO2/c1-10-4-2-5-11(8-10)17-14-7-3-6-13(15)12(14)9-16/h2-9H,1H3. The number of carbonyl (C=O) groups is 1.